The Kier molecular flexibility index (Phi) is 6.30. The first-order valence-electron chi connectivity index (χ1n) is 7.73. The maximum Gasteiger partial charge on any atom is 0.348 e. The van der Waals surface area contributed by atoms with Crippen LogP contribution in [0.2, 0.25) is 0 Å². The van der Waals surface area contributed by atoms with Crippen LogP contribution >= 0.6 is 11.3 Å². The smallest absolute Gasteiger partial charge is 0.348 e. The summed E-state index contributed by atoms with van der Waals surface area (Å²) in [6.07, 6.45) is 3.02. The van der Waals surface area contributed by atoms with Gasteiger partial charge in [0.25, 0.3) is 0 Å². The number of esters is 2. The van der Waals surface area contributed by atoms with Gasteiger partial charge in [-0.3, -0.25) is 4.79 Å². The molecule has 6 nitrogen and oxygen atoms in total. The van der Waals surface area contributed by atoms with Crippen molar-refractivity contribution in [3.05, 3.63) is 57.5 Å². The molecule has 1 aromatic carbocycles. The number of ether oxygens (including phenoxy) is 2. The van der Waals surface area contributed by atoms with Crippen LogP contribution in [0.1, 0.15) is 36.7 Å². The zero-order valence-corrected chi connectivity index (χ0v) is 15.7. The van der Waals surface area contributed by atoms with Crippen molar-refractivity contribution in [2.24, 2.45) is 0 Å². The van der Waals surface area contributed by atoms with Crippen LogP contribution in [0.5, 0.6) is 0 Å². The number of amides is 1. The van der Waals surface area contributed by atoms with E-state index in [4.69, 9.17) is 9.47 Å². The van der Waals surface area contributed by atoms with Gasteiger partial charge in [-0.05, 0) is 31.1 Å². The van der Waals surface area contributed by atoms with Crippen molar-refractivity contribution < 1.29 is 23.9 Å². The first-order chi connectivity index (χ1) is 12.4. The van der Waals surface area contributed by atoms with E-state index in [2.05, 4.69) is 5.32 Å². The van der Waals surface area contributed by atoms with Crippen molar-refractivity contribution in [2.75, 3.05) is 19.5 Å². The third-order valence-corrected chi connectivity index (χ3v) is 4.84. The summed E-state index contributed by atoms with van der Waals surface area (Å²) in [5.74, 6) is -1.63. The molecule has 0 unspecified atom stereocenters. The highest BCUT2D eigenvalue weighted by Crippen LogP contribution is 2.34. The van der Waals surface area contributed by atoms with Crippen LogP contribution in [-0.2, 0) is 14.3 Å². The number of carbonyl (C=O) groups excluding carboxylic acids is 3. The van der Waals surface area contributed by atoms with E-state index >= 15 is 0 Å². The minimum absolute atomic E-state index is 0.148. The minimum atomic E-state index is -0.633. The van der Waals surface area contributed by atoms with E-state index < -0.39 is 17.8 Å². The average Bonchev–Trinajstić information content (AvgIpc) is 2.96. The number of rotatable bonds is 5. The Hall–Kier alpha value is -2.93. The Morgan fingerprint density at radius 1 is 1.00 bits per heavy atom. The van der Waals surface area contributed by atoms with Gasteiger partial charge in [-0.25, -0.2) is 9.59 Å². The van der Waals surface area contributed by atoms with E-state index in [9.17, 15) is 14.4 Å². The maximum atomic E-state index is 12.2. The number of aryl methyl sites for hydroxylation is 1. The quantitative estimate of drug-likeness (QED) is 0.640. The van der Waals surface area contributed by atoms with Crippen LogP contribution in [0.25, 0.3) is 6.08 Å². The van der Waals surface area contributed by atoms with E-state index in [0.717, 1.165) is 22.5 Å². The number of carbonyl (C=O) groups is 3. The number of thiophene rings is 1. The second kappa shape index (κ2) is 8.44. The molecule has 0 saturated heterocycles. The number of nitrogens with one attached hydrogen (secondary N) is 1. The Labute approximate surface area is 155 Å². The van der Waals surface area contributed by atoms with Gasteiger partial charge in [0.1, 0.15) is 9.88 Å². The number of hydrogen-bond acceptors (Lipinski definition) is 6. The zero-order valence-electron chi connectivity index (χ0n) is 14.9. The normalized spacial score (nSPS) is 10.6. The minimum Gasteiger partial charge on any atom is -0.465 e. The lowest BCUT2D eigenvalue weighted by Gasteiger charge is -2.04. The van der Waals surface area contributed by atoms with Crippen molar-refractivity contribution >= 4 is 40.3 Å². The standard InChI is InChI=1S/C19H19NO5S/c1-11-5-7-13(8-6-11)9-10-14(21)20-17-15(18(22)24-3)12(2)16(26-17)19(23)25-4/h5-10H,1-4H3,(H,20,21)/b10-9+. The molecule has 0 radical (unpaired) electrons. The molecule has 0 fully saturated rings. The van der Waals surface area contributed by atoms with Crippen molar-refractivity contribution in [3.63, 3.8) is 0 Å². The molecule has 2 aromatic rings. The summed E-state index contributed by atoms with van der Waals surface area (Å²) in [5.41, 5.74) is 2.55. The van der Waals surface area contributed by atoms with Gasteiger partial charge in [-0.2, -0.15) is 0 Å². The molecule has 1 aromatic heterocycles. The SMILES string of the molecule is COC(=O)c1sc(NC(=O)/C=C/c2ccc(C)cc2)c(C(=O)OC)c1C. The van der Waals surface area contributed by atoms with E-state index in [1.807, 2.05) is 31.2 Å². The van der Waals surface area contributed by atoms with Crippen molar-refractivity contribution in [2.45, 2.75) is 13.8 Å². The fraction of sp³-hybridized carbons (Fsp3) is 0.211. The summed E-state index contributed by atoms with van der Waals surface area (Å²) in [7, 11) is 2.49. The second-order valence-corrected chi connectivity index (χ2v) is 6.50. The van der Waals surface area contributed by atoms with Gasteiger partial charge < -0.3 is 14.8 Å². The molecular formula is C19H19NO5S. The van der Waals surface area contributed by atoms with Gasteiger partial charge in [0.05, 0.1) is 19.8 Å². The lowest BCUT2D eigenvalue weighted by molar-refractivity contribution is -0.111. The zero-order chi connectivity index (χ0) is 19.3. The predicted molar refractivity (Wildman–Crippen MR) is 101 cm³/mol. The highest BCUT2D eigenvalue weighted by atomic mass is 32.1. The largest absolute Gasteiger partial charge is 0.465 e. The number of methoxy groups -OCH3 is 2. The Morgan fingerprint density at radius 2 is 1.62 bits per heavy atom. The number of hydrogen-bond donors (Lipinski definition) is 1. The van der Waals surface area contributed by atoms with E-state index in [-0.39, 0.29) is 15.4 Å². The van der Waals surface area contributed by atoms with Crippen LogP contribution in [-0.4, -0.2) is 32.1 Å². The molecular weight excluding hydrogens is 354 g/mol. The Morgan fingerprint density at radius 3 is 2.19 bits per heavy atom. The van der Waals surface area contributed by atoms with Gasteiger partial charge in [-0.15, -0.1) is 11.3 Å². The fourth-order valence-electron chi connectivity index (χ4n) is 2.24. The molecule has 1 amide bonds. The second-order valence-electron chi connectivity index (χ2n) is 5.48. The van der Waals surface area contributed by atoms with Crippen LogP contribution in [0, 0.1) is 13.8 Å². The molecule has 0 aliphatic heterocycles. The molecule has 26 heavy (non-hydrogen) atoms. The fourth-order valence-corrected chi connectivity index (χ4v) is 3.36. The lowest BCUT2D eigenvalue weighted by atomic mass is 10.1. The van der Waals surface area contributed by atoms with Crippen LogP contribution in [0.3, 0.4) is 0 Å². The van der Waals surface area contributed by atoms with E-state index in [0.29, 0.717) is 5.56 Å². The molecule has 0 aliphatic carbocycles. The highest BCUT2D eigenvalue weighted by molar-refractivity contribution is 7.18. The summed E-state index contributed by atoms with van der Waals surface area (Å²) in [4.78, 5) is 36.3. The summed E-state index contributed by atoms with van der Waals surface area (Å²) < 4.78 is 9.46. The van der Waals surface area contributed by atoms with E-state index in [1.54, 1.807) is 13.0 Å². The van der Waals surface area contributed by atoms with Crippen LogP contribution in [0.4, 0.5) is 5.00 Å². The Balaban J connectivity index is 2.26. The summed E-state index contributed by atoms with van der Waals surface area (Å²) in [6.45, 7) is 3.58. The van der Waals surface area contributed by atoms with Crippen molar-refractivity contribution in [1.82, 2.24) is 0 Å². The molecule has 1 heterocycles. The third-order valence-electron chi connectivity index (χ3n) is 3.65. The lowest BCUT2D eigenvalue weighted by Crippen LogP contribution is -2.11. The molecule has 0 aliphatic rings. The maximum absolute atomic E-state index is 12.2. The van der Waals surface area contributed by atoms with Crippen molar-refractivity contribution in [3.8, 4) is 0 Å². The average molecular weight is 373 g/mol. The van der Waals surface area contributed by atoms with Gasteiger partial charge in [0.2, 0.25) is 5.91 Å². The highest BCUT2D eigenvalue weighted by Gasteiger charge is 2.26. The topological polar surface area (TPSA) is 81.7 Å². The summed E-state index contributed by atoms with van der Waals surface area (Å²) in [5, 5.41) is 2.88. The molecule has 0 spiro atoms. The third kappa shape index (κ3) is 4.37. The number of benzene rings is 1. The molecule has 0 saturated carbocycles. The first-order valence-corrected chi connectivity index (χ1v) is 8.54. The molecule has 136 valence electrons. The van der Waals surface area contributed by atoms with Crippen molar-refractivity contribution in [1.29, 1.82) is 0 Å². The molecule has 0 atom stereocenters. The van der Waals surface area contributed by atoms with Gasteiger partial charge in [0.15, 0.2) is 0 Å². The first kappa shape index (κ1) is 19.4. The van der Waals surface area contributed by atoms with E-state index in [1.165, 1.54) is 20.3 Å². The van der Waals surface area contributed by atoms with Gasteiger partial charge in [-0.1, -0.05) is 29.8 Å². The monoisotopic (exact) mass is 373 g/mol. The summed E-state index contributed by atoms with van der Waals surface area (Å²) >= 11 is 0.973. The Bertz CT molecular complexity index is 865. The van der Waals surface area contributed by atoms with Gasteiger partial charge >= 0.3 is 11.9 Å². The number of anilines is 1. The van der Waals surface area contributed by atoms with Crippen LogP contribution < -0.4 is 5.32 Å². The molecule has 7 heteroatoms. The summed E-state index contributed by atoms with van der Waals surface area (Å²) in [6, 6.07) is 7.67. The molecule has 2 rings (SSSR count). The molecule has 1 N–H and O–H groups in total. The molecule has 0 bridgehead atoms. The van der Waals surface area contributed by atoms with Gasteiger partial charge in [0, 0.05) is 6.08 Å². The van der Waals surface area contributed by atoms with Crippen LogP contribution in [0.15, 0.2) is 30.3 Å². The predicted octanol–water partition coefficient (Wildman–Crippen LogP) is 3.59.